The van der Waals surface area contributed by atoms with Crippen LogP contribution in [0.3, 0.4) is 0 Å². The van der Waals surface area contributed by atoms with Gasteiger partial charge in [-0.15, -0.1) is 0 Å². The van der Waals surface area contributed by atoms with Crippen LogP contribution >= 0.6 is 27.5 Å². The molecule has 0 unspecified atom stereocenters. The Balaban J connectivity index is 2.29. The molecule has 2 amide bonds. The molecule has 0 aromatic heterocycles. The van der Waals surface area contributed by atoms with Gasteiger partial charge in [0.25, 0.3) is 5.91 Å². The van der Waals surface area contributed by atoms with Gasteiger partial charge in [-0.05, 0) is 46.0 Å². The molecule has 2 aromatic rings. The molecule has 0 spiro atoms. The molecule has 0 radical (unpaired) electrons. The molecule has 0 saturated heterocycles. The number of hydrogen-bond acceptors (Lipinski definition) is 4. The number of amides is 2. The molecule has 2 atom stereocenters. The van der Waals surface area contributed by atoms with Crippen molar-refractivity contribution in [3.63, 3.8) is 0 Å². The van der Waals surface area contributed by atoms with Gasteiger partial charge in [-0.1, -0.05) is 55.8 Å². The number of carbonyl (C=O) groups is 2. The average molecular weight is 514 g/mol. The second-order valence-electron chi connectivity index (χ2n) is 7.59. The molecule has 0 aliphatic rings. The van der Waals surface area contributed by atoms with Crippen LogP contribution in [0.25, 0.3) is 0 Å². The van der Waals surface area contributed by atoms with Crippen molar-refractivity contribution in [2.75, 3.05) is 0 Å². The molecule has 6 nitrogen and oxygen atoms in total. The van der Waals surface area contributed by atoms with Gasteiger partial charge in [0, 0.05) is 6.42 Å². The predicted octanol–water partition coefficient (Wildman–Crippen LogP) is 3.13. The maximum absolute atomic E-state index is 14.5. The maximum atomic E-state index is 14.5. The molecule has 0 bridgehead atoms. The number of carbonyl (C=O) groups excluding carboxylic acids is 2. The lowest BCUT2D eigenvalue weighted by atomic mass is 9.75. The van der Waals surface area contributed by atoms with Crippen LogP contribution in [0, 0.1) is 11.7 Å². The van der Waals surface area contributed by atoms with Crippen LogP contribution in [-0.2, 0) is 11.2 Å². The summed E-state index contributed by atoms with van der Waals surface area (Å²) in [5.74, 6) is -3.16. The van der Waals surface area contributed by atoms with Gasteiger partial charge in [-0.3, -0.25) is 9.59 Å². The van der Waals surface area contributed by atoms with Gasteiger partial charge in [-0.2, -0.15) is 0 Å². The number of benzene rings is 2. The van der Waals surface area contributed by atoms with E-state index in [4.69, 9.17) is 11.6 Å². The summed E-state index contributed by atoms with van der Waals surface area (Å²) in [5, 5.41) is 24.3. The number of rotatable bonds is 9. The van der Waals surface area contributed by atoms with Crippen LogP contribution in [-0.4, -0.2) is 41.0 Å². The zero-order valence-electron chi connectivity index (χ0n) is 17.1. The molecule has 0 saturated carbocycles. The highest BCUT2D eigenvalue weighted by Gasteiger charge is 2.31. The molecule has 4 N–H and O–H groups in total. The molecule has 2 aromatic carbocycles. The summed E-state index contributed by atoms with van der Waals surface area (Å²) >= 11 is 9.03. The third-order valence-corrected chi connectivity index (χ3v) is 5.52. The predicted molar refractivity (Wildman–Crippen MR) is 122 cm³/mol. The van der Waals surface area contributed by atoms with Crippen LogP contribution in [0.1, 0.15) is 36.2 Å². The van der Waals surface area contributed by atoms with Crippen LogP contribution in [0.15, 0.2) is 46.9 Å². The summed E-state index contributed by atoms with van der Waals surface area (Å²) < 4.78 is 14.6. The number of nitrogens with one attached hydrogen (secondary N) is 2. The van der Waals surface area contributed by atoms with E-state index < -0.39 is 36.7 Å². The van der Waals surface area contributed by atoms with Crippen LogP contribution in [0.2, 0.25) is 5.02 Å². The molecule has 0 aliphatic heterocycles. The van der Waals surface area contributed by atoms with Gasteiger partial charge in [0.2, 0.25) is 5.91 Å². The Kier molecular flexibility index (Phi) is 9.49. The highest BCUT2D eigenvalue weighted by molar-refractivity contribution is 9.10. The van der Waals surface area contributed by atoms with E-state index in [-0.39, 0.29) is 27.4 Å². The monoisotopic (exact) mass is 512 g/mol. The van der Waals surface area contributed by atoms with E-state index in [0.29, 0.717) is 6.42 Å². The van der Waals surface area contributed by atoms with Gasteiger partial charge in [-0.25, -0.2) is 4.39 Å². The molecular weight excluding hydrogens is 489 g/mol. The Morgan fingerprint density at radius 2 is 1.77 bits per heavy atom. The first-order valence-corrected chi connectivity index (χ1v) is 10.9. The van der Waals surface area contributed by atoms with Gasteiger partial charge in [0.05, 0.1) is 21.0 Å². The number of hydrogen-bond donors (Lipinski definition) is 4. The highest BCUT2D eigenvalue weighted by atomic mass is 79.9. The van der Waals surface area contributed by atoms with Crippen molar-refractivity contribution in [1.29, 1.82) is 0 Å². The van der Waals surface area contributed by atoms with Crippen molar-refractivity contribution < 1.29 is 24.0 Å². The Morgan fingerprint density at radius 3 is 2.35 bits per heavy atom. The zero-order chi connectivity index (χ0) is 23.1. The van der Waals surface area contributed by atoms with Crippen molar-refractivity contribution in [3.05, 3.63) is 68.9 Å². The van der Waals surface area contributed by atoms with Crippen LogP contribution in [0.4, 0.5) is 4.39 Å². The summed E-state index contributed by atoms with van der Waals surface area (Å²) in [6.07, 6.45) is 0.434. The first kappa shape index (κ1) is 25.3. The minimum Gasteiger partial charge on any atom is -0.426 e. The standard InChI is InChI=1S/C21H24BBrClFN2O4/c1-12(2)10-17(22(30)31)27-20(28)16(11-13-6-4-3-5-7-13)26-21(29)18-15(24)9-8-14(23)19(18)25/h3-9,12,16-17,30-31H,10-11H2,1-2H3,(H,26,29)(H,27,28)/t16-,17-/m0/s1. The topological polar surface area (TPSA) is 98.7 Å². The quantitative estimate of drug-likeness (QED) is 0.306. The lowest BCUT2D eigenvalue weighted by Crippen LogP contribution is -2.55. The van der Waals surface area contributed by atoms with Gasteiger partial charge in [0.1, 0.15) is 6.04 Å². The Bertz CT molecular complexity index is 918. The summed E-state index contributed by atoms with van der Waals surface area (Å²) in [6.45, 7) is 3.76. The third-order valence-electron chi connectivity index (χ3n) is 4.59. The molecule has 0 fully saturated rings. The molecule has 0 heterocycles. The Hall–Kier alpha value is -1.94. The smallest absolute Gasteiger partial charge is 0.426 e. The minimum atomic E-state index is -1.77. The fraction of sp³-hybridized carbons (Fsp3) is 0.333. The van der Waals surface area contributed by atoms with Crippen molar-refractivity contribution in [2.45, 2.75) is 38.7 Å². The fourth-order valence-electron chi connectivity index (χ4n) is 3.07. The molecule has 166 valence electrons. The fourth-order valence-corrected chi connectivity index (χ4v) is 3.63. The molecule has 10 heteroatoms. The second-order valence-corrected chi connectivity index (χ2v) is 8.85. The van der Waals surface area contributed by atoms with E-state index in [1.54, 1.807) is 24.3 Å². The second kappa shape index (κ2) is 11.6. The average Bonchev–Trinajstić information content (AvgIpc) is 2.70. The SMILES string of the molecule is CC(C)C[C@H](NC(=O)[C@H](Cc1ccccc1)NC(=O)c1c(Cl)ccc(Br)c1F)B(O)O. The van der Waals surface area contributed by atoms with Gasteiger partial charge >= 0.3 is 7.12 Å². The van der Waals surface area contributed by atoms with Crippen molar-refractivity contribution >= 4 is 46.5 Å². The summed E-state index contributed by atoms with van der Waals surface area (Å²) in [4.78, 5) is 25.8. The summed E-state index contributed by atoms with van der Waals surface area (Å²) in [5.41, 5.74) is 0.372. The minimum absolute atomic E-state index is 0.0616. The Morgan fingerprint density at radius 1 is 1.13 bits per heavy atom. The van der Waals surface area contributed by atoms with Gasteiger partial charge < -0.3 is 20.7 Å². The lowest BCUT2D eigenvalue weighted by molar-refractivity contribution is -0.123. The van der Waals surface area contributed by atoms with Gasteiger partial charge in [0.15, 0.2) is 5.82 Å². The van der Waals surface area contributed by atoms with E-state index in [9.17, 15) is 24.0 Å². The zero-order valence-corrected chi connectivity index (χ0v) is 19.5. The first-order valence-electron chi connectivity index (χ1n) is 9.75. The highest BCUT2D eigenvalue weighted by Crippen LogP contribution is 2.26. The first-order chi connectivity index (χ1) is 14.6. The lowest BCUT2D eigenvalue weighted by Gasteiger charge is -2.24. The van der Waals surface area contributed by atoms with Crippen molar-refractivity contribution in [1.82, 2.24) is 10.6 Å². The van der Waals surface area contributed by atoms with E-state index in [0.717, 1.165) is 5.56 Å². The normalized spacial score (nSPS) is 12.9. The summed E-state index contributed by atoms with van der Waals surface area (Å²) in [6, 6.07) is 10.6. The molecule has 0 aliphatic carbocycles. The molecule has 31 heavy (non-hydrogen) atoms. The van der Waals surface area contributed by atoms with E-state index in [1.807, 2.05) is 19.9 Å². The largest absolute Gasteiger partial charge is 0.475 e. The van der Waals surface area contributed by atoms with Crippen molar-refractivity contribution in [2.24, 2.45) is 5.92 Å². The maximum Gasteiger partial charge on any atom is 0.475 e. The molecule has 2 rings (SSSR count). The van der Waals surface area contributed by atoms with E-state index >= 15 is 0 Å². The summed E-state index contributed by atoms with van der Waals surface area (Å²) in [7, 11) is -1.77. The third kappa shape index (κ3) is 7.31. The van der Waals surface area contributed by atoms with E-state index in [2.05, 4.69) is 26.6 Å². The molecular formula is C21H24BBrClFN2O4. The Labute approximate surface area is 194 Å². The number of halogens is 3. The van der Waals surface area contributed by atoms with Crippen molar-refractivity contribution in [3.8, 4) is 0 Å². The van der Waals surface area contributed by atoms with E-state index in [1.165, 1.54) is 12.1 Å². The van der Waals surface area contributed by atoms with Crippen LogP contribution in [0.5, 0.6) is 0 Å². The van der Waals surface area contributed by atoms with Crippen LogP contribution < -0.4 is 10.6 Å².